The van der Waals surface area contributed by atoms with Crippen LogP contribution in [0.4, 0.5) is 18.9 Å². The Kier molecular flexibility index (Phi) is 5.06. The summed E-state index contributed by atoms with van der Waals surface area (Å²) in [6, 6.07) is 5.29. The zero-order valence-electron chi connectivity index (χ0n) is 11.4. The summed E-state index contributed by atoms with van der Waals surface area (Å²) in [5.41, 5.74) is 0.302. The van der Waals surface area contributed by atoms with Crippen LogP contribution in [-0.2, 0) is 4.79 Å². The Balaban J connectivity index is 1.89. The molecular weight excluding hydrogens is 285 g/mol. The second-order valence-electron chi connectivity index (χ2n) is 5.02. The van der Waals surface area contributed by atoms with Crippen LogP contribution >= 0.6 is 0 Å². The van der Waals surface area contributed by atoms with Crippen LogP contribution in [0.25, 0.3) is 0 Å². The molecule has 1 fully saturated rings. The van der Waals surface area contributed by atoms with Gasteiger partial charge in [-0.05, 0) is 44.0 Å². The van der Waals surface area contributed by atoms with E-state index in [0.717, 1.165) is 32.0 Å². The van der Waals surface area contributed by atoms with Crippen LogP contribution in [0.3, 0.4) is 0 Å². The molecule has 2 N–H and O–H groups in total. The maximum Gasteiger partial charge on any atom is 0.573 e. The minimum atomic E-state index is -4.74. The van der Waals surface area contributed by atoms with Gasteiger partial charge in [-0.3, -0.25) is 4.79 Å². The fourth-order valence-electron chi connectivity index (χ4n) is 2.33. The molecule has 1 saturated heterocycles. The number of anilines is 1. The smallest absolute Gasteiger partial charge is 0.406 e. The molecule has 1 aromatic carbocycles. The maximum absolute atomic E-state index is 12.1. The van der Waals surface area contributed by atoms with Gasteiger partial charge in [-0.1, -0.05) is 6.07 Å². The van der Waals surface area contributed by atoms with Crippen LogP contribution in [0.2, 0.25) is 0 Å². The molecule has 1 heterocycles. The first-order chi connectivity index (χ1) is 9.92. The molecule has 7 heteroatoms. The summed E-state index contributed by atoms with van der Waals surface area (Å²) in [7, 11) is 0. The van der Waals surface area contributed by atoms with Crippen LogP contribution in [-0.4, -0.2) is 25.4 Å². The Morgan fingerprint density at radius 1 is 1.33 bits per heavy atom. The van der Waals surface area contributed by atoms with Crippen LogP contribution in [0, 0.1) is 5.92 Å². The van der Waals surface area contributed by atoms with Gasteiger partial charge in [-0.25, -0.2) is 0 Å². The van der Waals surface area contributed by atoms with Gasteiger partial charge in [-0.2, -0.15) is 0 Å². The third-order valence-electron chi connectivity index (χ3n) is 3.28. The molecule has 21 heavy (non-hydrogen) atoms. The number of rotatable bonds is 4. The summed E-state index contributed by atoms with van der Waals surface area (Å²) >= 11 is 0. The molecule has 116 valence electrons. The average molecular weight is 302 g/mol. The Morgan fingerprint density at radius 3 is 2.71 bits per heavy atom. The number of alkyl halides is 3. The first kappa shape index (κ1) is 15.6. The monoisotopic (exact) mass is 302 g/mol. The van der Waals surface area contributed by atoms with Crippen molar-refractivity contribution >= 4 is 11.6 Å². The van der Waals surface area contributed by atoms with Crippen LogP contribution in [0.15, 0.2) is 24.3 Å². The quantitative estimate of drug-likeness (QED) is 0.899. The van der Waals surface area contributed by atoms with E-state index < -0.39 is 6.36 Å². The second kappa shape index (κ2) is 6.80. The molecule has 0 saturated carbocycles. The molecule has 0 atom stereocenters. The maximum atomic E-state index is 12.1. The van der Waals surface area contributed by atoms with Crippen molar-refractivity contribution in [3.8, 4) is 5.75 Å². The lowest BCUT2D eigenvalue weighted by molar-refractivity contribution is -0.274. The average Bonchev–Trinajstić information content (AvgIpc) is 2.38. The van der Waals surface area contributed by atoms with E-state index in [1.54, 1.807) is 0 Å². The summed E-state index contributed by atoms with van der Waals surface area (Å²) in [6.45, 7) is 1.79. The number of carbonyl (C=O) groups is 1. The topological polar surface area (TPSA) is 50.4 Å². The largest absolute Gasteiger partial charge is 0.573 e. The van der Waals surface area contributed by atoms with Crippen molar-refractivity contribution in [3.63, 3.8) is 0 Å². The van der Waals surface area contributed by atoms with Gasteiger partial charge in [0.15, 0.2) is 0 Å². The number of nitrogens with one attached hydrogen (secondary N) is 2. The van der Waals surface area contributed by atoms with Gasteiger partial charge in [0.2, 0.25) is 5.91 Å². The van der Waals surface area contributed by atoms with Gasteiger partial charge < -0.3 is 15.4 Å². The molecule has 0 unspecified atom stereocenters. The first-order valence-electron chi connectivity index (χ1n) is 6.79. The van der Waals surface area contributed by atoms with Crippen LogP contribution in [0.5, 0.6) is 5.75 Å². The minimum Gasteiger partial charge on any atom is -0.406 e. The summed E-state index contributed by atoms with van der Waals surface area (Å²) in [5.74, 6) is -0.214. The number of halogens is 3. The van der Waals surface area contributed by atoms with Gasteiger partial charge >= 0.3 is 6.36 Å². The lowest BCUT2D eigenvalue weighted by Gasteiger charge is -2.22. The molecule has 1 aromatic rings. The molecular formula is C14H17F3N2O2. The van der Waals surface area contributed by atoms with Gasteiger partial charge in [0, 0.05) is 18.2 Å². The normalized spacial score (nSPS) is 16.5. The number of amides is 1. The standard InChI is InChI=1S/C14H17F3N2O2/c15-14(16,17)21-12-3-1-2-11(9-12)19-13(20)8-10-4-6-18-7-5-10/h1-3,9-10,18H,4-8H2,(H,19,20). The zero-order valence-corrected chi connectivity index (χ0v) is 11.4. The fraction of sp³-hybridized carbons (Fsp3) is 0.500. The molecule has 1 aliphatic heterocycles. The number of benzene rings is 1. The highest BCUT2D eigenvalue weighted by atomic mass is 19.4. The SMILES string of the molecule is O=C(CC1CCNCC1)Nc1cccc(OC(F)(F)F)c1. The molecule has 0 bridgehead atoms. The Morgan fingerprint density at radius 2 is 2.05 bits per heavy atom. The molecule has 2 rings (SSSR count). The van der Waals surface area contributed by atoms with Gasteiger partial charge in [0.1, 0.15) is 5.75 Å². The van der Waals surface area contributed by atoms with E-state index in [-0.39, 0.29) is 11.7 Å². The van der Waals surface area contributed by atoms with E-state index >= 15 is 0 Å². The summed E-state index contributed by atoms with van der Waals surface area (Å²) < 4.78 is 40.2. The van der Waals surface area contributed by atoms with Crippen molar-refractivity contribution in [3.05, 3.63) is 24.3 Å². The van der Waals surface area contributed by atoms with Crippen molar-refractivity contribution in [2.75, 3.05) is 18.4 Å². The van der Waals surface area contributed by atoms with Crippen LogP contribution < -0.4 is 15.4 Å². The van der Waals surface area contributed by atoms with Crippen molar-refractivity contribution in [2.24, 2.45) is 5.92 Å². The van der Waals surface area contributed by atoms with E-state index in [1.165, 1.54) is 18.2 Å². The molecule has 0 spiro atoms. The van der Waals surface area contributed by atoms with E-state index in [2.05, 4.69) is 15.4 Å². The van der Waals surface area contributed by atoms with Gasteiger partial charge in [0.05, 0.1) is 0 Å². The Labute approximate surface area is 120 Å². The number of hydrogen-bond acceptors (Lipinski definition) is 3. The zero-order chi connectivity index (χ0) is 15.3. The highest BCUT2D eigenvalue weighted by Gasteiger charge is 2.31. The number of hydrogen-bond donors (Lipinski definition) is 2. The van der Waals surface area contributed by atoms with Crippen molar-refractivity contribution in [1.82, 2.24) is 5.32 Å². The first-order valence-corrected chi connectivity index (χ1v) is 6.79. The van der Waals surface area contributed by atoms with E-state index in [0.29, 0.717) is 18.0 Å². The van der Waals surface area contributed by atoms with Crippen molar-refractivity contribution in [1.29, 1.82) is 0 Å². The molecule has 0 radical (unpaired) electrons. The minimum absolute atomic E-state index is 0.189. The molecule has 4 nitrogen and oxygen atoms in total. The third kappa shape index (κ3) is 5.63. The molecule has 0 aliphatic carbocycles. The highest BCUT2D eigenvalue weighted by molar-refractivity contribution is 5.91. The number of carbonyl (C=O) groups excluding carboxylic acids is 1. The van der Waals surface area contributed by atoms with Crippen molar-refractivity contribution in [2.45, 2.75) is 25.6 Å². The second-order valence-corrected chi connectivity index (χ2v) is 5.02. The van der Waals surface area contributed by atoms with E-state index in [4.69, 9.17) is 0 Å². The van der Waals surface area contributed by atoms with Crippen LogP contribution in [0.1, 0.15) is 19.3 Å². The number of piperidine rings is 1. The summed E-state index contributed by atoms with van der Waals surface area (Å²) in [5, 5.41) is 5.82. The van der Waals surface area contributed by atoms with Gasteiger partial charge in [0.25, 0.3) is 0 Å². The van der Waals surface area contributed by atoms with Crippen molar-refractivity contribution < 1.29 is 22.7 Å². The molecule has 1 aliphatic rings. The fourth-order valence-corrected chi connectivity index (χ4v) is 2.33. The lowest BCUT2D eigenvalue weighted by Crippen LogP contribution is -2.30. The number of ether oxygens (including phenoxy) is 1. The summed E-state index contributed by atoms with van der Waals surface area (Å²) in [6.07, 6.45) is -2.49. The predicted molar refractivity (Wildman–Crippen MR) is 72.0 cm³/mol. The van der Waals surface area contributed by atoms with E-state index in [1.807, 2.05) is 0 Å². The van der Waals surface area contributed by atoms with Gasteiger partial charge in [-0.15, -0.1) is 13.2 Å². The highest BCUT2D eigenvalue weighted by Crippen LogP contribution is 2.25. The van der Waals surface area contributed by atoms with E-state index in [9.17, 15) is 18.0 Å². The molecule has 0 aromatic heterocycles. The Bertz CT molecular complexity index is 485. The lowest BCUT2D eigenvalue weighted by atomic mass is 9.94. The Hall–Kier alpha value is -1.76. The predicted octanol–water partition coefficient (Wildman–Crippen LogP) is 2.91. The molecule has 1 amide bonds. The third-order valence-corrected chi connectivity index (χ3v) is 3.28. The summed E-state index contributed by atoms with van der Waals surface area (Å²) in [4.78, 5) is 11.9.